The minimum Gasteiger partial charge on any atom is -0.370 e. The molecule has 1 aliphatic heterocycles. The van der Waals surface area contributed by atoms with E-state index in [9.17, 15) is 0 Å². The zero-order chi connectivity index (χ0) is 7.52. The molecule has 0 aromatic carbocycles. The summed E-state index contributed by atoms with van der Waals surface area (Å²) in [6, 6.07) is 0. The molecule has 0 radical (unpaired) electrons. The Balaban J connectivity index is 1.74. The van der Waals surface area contributed by atoms with Crippen molar-refractivity contribution >= 4 is 11.5 Å². The Morgan fingerprint density at radius 3 is 3.18 bits per heavy atom. The Hall–Kier alpha value is -0.520. The van der Waals surface area contributed by atoms with Crippen LogP contribution in [0.25, 0.3) is 0 Å². The second-order valence-electron chi connectivity index (χ2n) is 2.48. The van der Waals surface area contributed by atoms with Crippen LogP contribution in [0.15, 0.2) is 6.20 Å². The molecule has 11 heavy (non-hydrogen) atoms. The molecule has 5 heteroatoms. The van der Waals surface area contributed by atoms with Gasteiger partial charge in [0.1, 0.15) is 0 Å². The highest BCUT2D eigenvalue weighted by Crippen LogP contribution is 2.07. The number of ether oxygens (including phenoxy) is 1. The van der Waals surface area contributed by atoms with E-state index < -0.39 is 0 Å². The minimum atomic E-state index is 0.400. The molecule has 0 saturated carbocycles. The fourth-order valence-electron chi connectivity index (χ4n) is 0.831. The molecule has 2 heterocycles. The van der Waals surface area contributed by atoms with Gasteiger partial charge in [-0.2, -0.15) is 0 Å². The van der Waals surface area contributed by atoms with Gasteiger partial charge in [-0.3, -0.25) is 0 Å². The van der Waals surface area contributed by atoms with Crippen molar-refractivity contribution < 1.29 is 4.74 Å². The topological polar surface area (TPSA) is 47.0 Å². The van der Waals surface area contributed by atoms with Crippen LogP contribution in [0, 0.1) is 0 Å². The van der Waals surface area contributed by atoms with Crippen molar-refractivity contribution in [2.24, 2.45) is 0 Å². The van der Waals surface area contributed by atoms with Crippen LogP contribution in [0.3, 0.4) is 0 Å². The summed E-state index contributed by atoms with van der Waals surface area (Å²) >= 11 is 1.39. The Labute approximate surface area is 68.7 Å². The van der Waals surface area contributed by atoms with E-state index in [1.807, 2.05) is 0 Å². The normalized spacial score (nSPS) is 18.2. The average Bonchev–Trinajstić information content (AvgIpc) is 2.36. The van der Waals surface area contributed by atoms with Crippen LogP contribution in [0.4, 0.5) is 0 Å². The lowest BCUT2D eigenvalue weighted by molar-refractivity contribution is 0.00881. The molecule has 0 aliphatic carbocycles. The van der Waals surface area contributed by atoms with E-state index in [2.05, 4.69) is 14.9 Å². The molecule has 2 rings (SSSR count). The summed E-state index contributed by atoms with van der Waals surface area (Å²) in [6.07, 6.45) is 2.15. The van der Waals surface area contributed by atoms with Gasteiger partial charge in [0.05, 0.1) is 23.8 Å². The van der Waals surface area contributed by atoms with E-state index in [-0.39, 0.29) is 0 Å². The molecule has 1 fully saturated rings. The molecule has 1 N–H and O–H groups in total. The number of hydrogen-bond acceptors (Lipinski definition) is 5. The van der Waals surface area contributed by atoms with Crippen molar-refractivity contribution in [1.82, 2.24) is 14.9 Å². The van der Waals surface area contributed by atoms with Crippen molar-refractivity contribution in [1.29, 1.82) is 0 Å². The molecule has 1 aromatic heterocycles. The lowest BCUT2D eigenvalue weighted by atomic mass is 10.2. The van der Waals surface area contributed by atoms with Gasteiger partial charge in [0, 0.05) is 13.1 Å². The van der Waals surface area contributed by atoms with Gasteiger partial charge in [0.15, 0.2) is 0 Å². The molecule has 0 spiro atoms. The van der Waals surface area contributed by atoms with Gasteiger partial charge in [-0.15, -0.1) is 5.10 Å². The van der Waals surface area contributed by atoms with Gasteiger partial charge in [0.2, 0.25) is 0 Å². The molecular weight excluding hydrogens is 162 g/mol. The maximum atomic E-state index is 5.49. The highest BCUT2D eigenvalue weighted by molar-refractivity contribution is 7.05. The first-order chi connectivity index (χ1) is 5.45. The molecule has 60 valence electrons. The van der Waals surface area contributed by atoms with Crippen molar-refractivity contribution in [3.8, 4) is 0 Å². The summed E-state index contributed by atoms with van der Waals surface area (Å²) in [5.41, 5.74) is 0. The number of rotatable bonds is 3. The molecule has 4 nitrogen and oxygen atoms in total. The van der Waals surface area contributed by atoms with Gasteiger partial charge >= 0.3 is 0 Å². The van der Waals surface area contributed by atoms with Crippen LogP contribution in [-0.4, -0.2) is 28.8 Å². The Bertz CT molecular complexity index is 210. The third-order valence-electron chi connectivity index (χ3n) is 1.61. The Morgan fingerprint density at radius 2 is 2.64 bits per heavy atom. The number of nitrogens with zero attached hydrogens (tertiary/aromatic N) is 2. The quantitative estimate of drug-likeness (QED) is 0.697. The molecule has 1 aliphatic rings. The Kier molecular flexibility index (Phi) is 2.11. The zero-order valence-corrected chi connectivity index (χ0v) is 6.80. The van der Waals surface area contributed by atoms with Gasteiger partial charge in [-0.25, -0.2) is 0 Å². The van der Waals surface area contributed by atoms with E-state index in [0.29, 0.717) is 12.7 Å². The first-order valence-electron chi connectivity index (χ1n) is 3.54. The largest absolute Gasteiger partial charge is 0.370 e. The van der Waals surface area contributed by atoms with Gasteiger partial charge in [-0.1, -0.05) is 4.49 Å². The monoisotopic (exact) mass is 171 g/mol. The highest BCUT2D eigenvalue weighted by Gasteiger charge is 2.16. The summed E-state index contributed by atoms with van der Waals surface area (Å²) in [5.74, 6) is 0. The fraction of sp³-hybridized carbons (Fsp3) is 0.667. The summed E-state index contributed by atoms with van der Waals surface area (Å²) < 4.78 is 9.23. The predicted molar refractivity (Wildman–Crippen MR) is 41.4 cm³/mol. The van der Waals surface area contributed by atoms with Crippen molar-refractivity contribution in [3.63, 3.8) is 0 Å². The third kappa shape index (κ3) is 1.74. The van der Waals surface area contributed by atoms with Crippen LogP contribution in [0.5, 0.6) is 0 Å². The predicted octanol–water partition coefficient (Wildman–Crippen LogP) is 0.0265. The number of nitrogens with one attached hydrogen (secondary N) is 1. The standard InChI is InChI=1S/C6H9N3OS/c1-5(2-7-1)10-4-6-3-8-9-11-6/h3,5,7H,1-2,4H2. The van der Waals surface area contributed by atoms with Crippen LogP contribution in [0.1, 0.15) is 4.88 Å². The molecule has 0 bridgehead atoms. The fourth-order valence-corrected chi connectivity index (χ4v) is 1.25. The molecular formula is C6H9N3OS. The first-order valence-corrected chi connectivity index (χ1v) is 4.31. The van der Waals surface area contributed by atoms with E-state index in [1.54, 1.807) is 6.20 Å². The van der Waals surface area contributed by atoms with E-state index >= 15 is 0 Å². The lowest BCUT2D eigenvalue weighted by Gasteiger charge is -2.26. The number of hydrogen-bond donors (Lipinski definition) is 1. The van der Waals surface area contributed by atoms with Crippen LogP contribution in [0.2, 0.25) is 0 Å². The van der Waals surface area contributed by atoms with Crippen LogP contribution in [-0.2, 0) is 11.3 Å². The summed E-state index contributed by atoms with van der Waals surface area (Å²) in [5, 5.41) is 6.86. The summed E-state index contributed by atoms with van der Waals surface area (Å²) in [7, 11) is 0. The van der Waals surface area contributed by atoms with Crippen molar-refractivity contribution in [2.75, 3.05) is 13.1 Å². The molecule has 0 atom stereocenters. The van der Waals surface area contributed by atoms with E-state index in [0.717, 1.165) is 18.0 Å². The van der Waals surface area contributed by atoms with Gasteiger partial charge in [-0.05, 0) is 11.5 Å². The van der Waals surface area contributed by atoms with Crippen molar-refractivity contribution in [2.45, 2.75) is 12.7 Å². The zero-order valence-electron chi connectivity index (χ0n) is 5.99. The smallest absolute Gasteiger partial charge is 0.0846 e. The van der Waals surface area contributed by atoms with E-state index in [4.69, 9.17) is 4.74 Å². The maximum absolute atomic E-state index is 5.49. The highest BCUT2D eigenvalue weighted by atomic mass is 32.1. The average molecular weight is 171 g/mol. The van der Waals surface area contributed by atoms with Gasteiger partial charge < -0.3 is 10.1 Å². The van der Waals surface area contributed by atoms with Gasteiger partial charge in [0.25, 0.3) is 0 Å². The SMILES string of the molecule is c1nnsc1COC1CNC1. The molecule has 1 aromatic rings. The summed E-state index contributed by atoms with van der Waals surface area (Å²) in [6.45, 7) is 2.61. The van der Waals surface area contributed by atoms with Crippen LogP contribution < -0.4 is 5.32 Å². The maximum Gasteiger partial charge on any atom is 0.0846 e. The second-order valence-corrected chi connectivity index (χ2v) is 3.35. The second kappa shape index (κ2) is 3.25. The first kappa shape index (κ1) is 7.15. The Morgan fingerprint density at radius 1 is 1.73 bits per heavy atom. The lowest BCUT2D eigenvalue weighted by Crippen LogP contribution is -2.48. The minimum absolute atomic E-state index is 0.400. The number of aromatic nitrogens is 2. The summed E-state index contributed by atoms with van der Waals surface area (Å²) in [4.78, 5) is 1.09. The molecule has 0 amide bonds. The van der Waals surface area contributed by atoms with E-state index in [1.165, 1.54) is 11.5 Å². The van der Waals surface area contributed by atoms with Crippen LogP contribution >= 0.6 is 11.5 Å². The third-order valence-corrected chi connectivity index (χ3v) is 2.25. The molecule has 0 unspecified atom stereocenters. The molecule has 1 saturated heterocycles. The van der Waals surface area contributed by atoms with Crippen molar-refractivity contribution in [3.05, 3.63) is 11.1 Å².